The fraction of sp³-hybridized carbons (Fsp3) is 0.357. The lowest BCUT2D eigenvalue weighted by molar-refractivity contribution is 0.0695. The van der Waals surface area contributed by atoms with Crippen molar-refractivity contribution in [2.45, 2.75) is 24.7 Å². The van der Waals surface area contributed by atoms with E-state index < -0.39 is 16.0 Å². The Kier molecular flexibility index (Phi) is 6.12. The zero-order valence-electron chi connectivity index (χ0n) is 12.0. The SMILES string of the molecule is C=CCCCN(C)S(=O)(=O)c1cc(Br)c(C)c(C(=O)O)c1. The predicted octanol–water partition coefficient (Wildman–Crippen LogP) is 3.04. The fourth-order valence-corrected chi connectivity index (χ4v) is 3.66. The van der Waals surface area contributed by atoms with Gasteiger partial charge in [-0.05, 0) is 37.5 Å². The van der Waals surface area contributed by atoms with Crippen LogP contribution in [0.4, 0.5) is 0 Å². The third-order valence-corrected chi connectivity index (χ3v) is 5.80. The summed E-state index contributed by atoms with van der Waals surface area (Å²) in [5, 5.41) is 9.15. The first-order chi connectivity index (χ1) is 9.71. The molecule has 7 heteroatoms. The van der Waals surface area contributed by atoms with Gasteiger partial charge in [-0.15, -0.1) is 6.58 Å². The minimum atomic E-state index is -3.71. The molecule has 21 heavy (non-hydrogen) atoms. The number of nitrogens with zero attached hydrogens (tertiary/aromatic N) is 1. The zero-order valence-corrected chi connectivity index (χ0v) is 14.4. The van der Waals surface area contributed by atoms with Gasteiger partial charge in [0.1, 0.15) is 0 Å². The maximum Gasteiger partial charge on any atom is 0.336 e. The van der Waals surface area contributed by atoms with Crippen LogP contribution >= 0.6 is 15.9 Å². The number of allylic oxidation sites excluding steroid dienone is 1. The lowest BCUT2D eigenvalue weighted by Crippen LogP contribution is -2.28. The first-order valence-corrected chi connectivity index (χ1v) is 8.55. The molecule has 0 saturated heterocycles. The molecule has 1 N–H and O–H groups in total. The second-order valence-corrected chi connectivity index (χ2v) is 7.54. The summed E-state index contributed by atoms with van der Waals surface area (Å²) >= 11 is 3.21. The third kappa shape index (κ3) is 4.15. The smallest absolute Gasteiger partial charge is 0.336 e. The molecular formula is C14H18BrNO4S. The highest BCUT2D eigenvalue weighted by Gasteiger charge is 2.23. The van der Waals surface area contributed by atoms with Crippen LogP contribution in [0.5, 0.6) is 0 Å². The van der Waals surface area contributed by atoms with Crippen LogP contribution in [0, 0.1) is 6.92 Å². The number of sulfonamides is 1. The first kappa shape index (κ1) is 17.9. The lowest BCUT2D eigenvalue weighted by Gasteiger charge is -2.18. The molecule has 0 spiro atoms. The Hall–Kier alpha value is -1.18. The van der Waals surface area contributed by atoms with Gasteiger partial charge >= 0.3 is 5.97 Å². The van der Waals surface area contributed by atoms with Gasteiger partial charge in [0.05, 0.1) is 10.5 Å². The summed E-state index contributed by atoms with van der Waals surface area (Å²) in [7, 11) is -2.23. The van der Waals surface area contributed by atoms with Gasteiger partial charge in [0.2, 0.25) is 10.0 Å². The molecule has 0 amide bonds. The monoisotopic (exact) mass is 375 g/mol. The summed E-state index contributed by atoms with van der Waals surface area (Å²) < 4.78 is 26.6. The molecule has 0 aliphatic heterocycles. The van der Waals surface area contributed by atoms with Crippen molar-refractivity contribution < 1.29 is 18.3 Å². The van der Waals surface area contributed by atoms with Crippen molar-refractivity contribution in [3.8, 4) is 0 Å². The van der Waals surface area contributed by atoms with Crippen LogP contribution in [0.25, 0.3) is 0 Å². The Morgan fingerprint density at radius 2 is 2.10 bits per heavy atom. The number of carboxylic acids is 1. The Balaban J connectivity index is 3.19. The molecular weight excluding hydrogens is 358 g/mol. The van der Waals surface area contributed by atoms with Crippen LogP contribution < -0.4 is 0 Å². The van der Waals surface area contributed by atoms with E-state index in [2.05, 4.69) is 22.5 Å². The quantitative estimate of drug-likeness (QED) is 0.586. The van der Waals surface area contributed by atoms with Gasteiger partial charge in [-0.2, -0.15) is 0 Å². The van der Waals surface area contributed by atoms with E-state index in [0.29, 0.717) is 23.0 Å². The number of carbonyl (C=O) groups is 1. The van der Waals surface area contributed by atoms with Crippen molar-refractivity contribution in [1.29, 1.82) is 0 Å². The molecule has 1 aromatic carbocycles. The molecule has 0 bridgehead atoms. The molecule has 1 rings (SSSR count). The minimum absolute atomic E-state index is 0.0255. The van der Waals surface area contributed by atoms with E-state index in [1.165, 1.54) is 23.5 Å². The standard InChI is InChI=1S/C14H18BrNO4S/c1-4-5-6-7-16(3)21(19,20)11-8-12(14(17)18)10(2)13(15)9-11/h4,8-9H,1,5-7H2,2-3H3,(H,17,18). The van der Waals surface area contributed by atoms with Gasteiger partial charge in [-0.1, -0.05) is 22.0 Å². The van der Waals surface area contributed by atoms with Crippen molar-refractivity contribution in [3.63, 3.8) is 0 Å². The summed E-state index contributed by atoms with van der Waals surface area (Å²) in [6.07, 6.45) is 3.11. The molecule has 1 aromatic rings. The van der Waals surface area contributed by atoms with E-state index in [1.54, 1.807) is 13.0 Å². The number of benzene rings is 1. The van der Waals surface area contributed by atoms with Crippen molar-refractivity contribution >= 4 is 31.9 Å². The molecule has 0 aromatic heterocycles. The summed E-state index contributed by atoms with van der Waals surface area (Å²) in [6, 6.07) is 2.63. The predicted molar refractivity (Wildman–Crippen MR) is 85.1 cm³/mol. The topological polar surface area (TPSA) is 74.7 Å². The molecule has 0 fully saturated rings. The second-order valence-electron chi connectivity index (χ2n) is 4.64. The van der Waals surface area contributed by atoms with E-state index in [-0.39, 0.29) is 10.5 Å². The Labute approximate surface area is 133 Å². The van der Waals surface area contributed by atoms with Crippen molar-refractivity contribution in [2.75, 3.05) is 13.6 Å². The average molecular weight is 376 g/mol. The van der Waals surface area contributed by atoms with Crippen LogP contribution in [0.3, 0.4) is 0 Å². The molecule has 0 aliphatic carbocycles. The number of halogens is 1. The highest BCUT2D eigenvalue weighted by molar-refractivity contribution is 9.10. The Morgan fingerprint density at radius 3 is 2.62 bits per heavy atom. The molecule has 0 atom stereocenters. The summed E-state index contributed by atoms with van der Waals surface area (Å²) in [4.78, 5) is 11.2. The fourth-order valence-electron chi connectivity index (χ4n) is 1.78. The van der Waals surface area contributed by atoms with Crippen molar-refractivity contribution in [3.05, 3.63) is 40.4 Å². The molecule has 0 radical (unpaired) electrons. The molecule has 0 saturated carbocycles. The summed E-state index contributed by atoms with van der Waals surface area (Å²) in [6.45, 7) is 5.56. The number of hydrogen-bond donors (Lipinski definition) is 1. The normalized spacial score (nSPS) is 11.6. The van der Waals surface area contributed by atoms with E-state index >= 15 is 0 Å². The second kappa shape index (κ2) is 7.20. The maximum atomic E-state index is 12.5. The van der Waals surface area contributed by atoms with Crippen LogP contribution in [0.1, 0.15) is 28.8 Å². The zero-order chi connectivity index (χ0) is 16.2. The van der Waals surface area contributed by atoms with Crippen molar-refractivity contribution in [2.24, 2.45) is 0 Å². The molecule has 0 aliphatic rings. The van der Waals surface area contributed by atoms with Gasteiger partial charge in [0.15, 0.2) is 0 Å². The minimum Gasteiger partial charge on any atom is -0.478 e. The summed E-state index contributed by atoms with van der Waals surface area (Å²) in [5.74, 6) is -1.15. The number of hydrogen-bond acceptors (Lipinski definition) is 3. The van der Waals surface area contributed by atoms with E-state index in [0.717, 1.165) is 6.42 Å². The van der Waals surface area contributed by atoms with Crippen LogP contribution in [0.15, 0.2) is 34.2 Å². The van der Waals surface area contributed by atoms with Crippen LogP contribution in [-0.2, 0) is 10.0 Å². The molecule has 0 heterocycles. The maximum absolute atomic E-state index is 12.5. The number of unbranched alkanes of at least 4 members (excludes halogenated alkanes) is 1. The highest BCUT2D eigenvalue weighted by Crippen LogP contribution is 2.26. The number of rotatable bonds is 7. The molecule has 5 nitrogen and oxygen atoms in total. The van der Waals surface area contributed by atoms with Crippen LogP contribution in [0.2, 0.25) is 0 Å². The van der Waals surface area contributed by atoms with Gasteiger partial charge < -0.3 is 5.11 Å². The van der Waals surface area contributed by atoms with Gasteiger partial charge in [-0.25, -0.2) is 17.5 Å². The van der Waals surface area contributed by atoms with E-state index in [1.807, 2.05) is 0 Å². The third-order valence-electron chi connectivity index (χ3n) is 3.14. The molecule has 116 valence electrons. The molecule has 0 unspecified atom stereocenters. The van der Waals surface area contributed by atoms with Gasteiger partial charge in [0, 0.05) is 18.1 Å². The number of aromatic carboxylic acids is 1. The van der Waals surface area contributed by atoms with Gasteiger partial charge in [-0.3, -0.25) is 0 Å². The summed E-state index contributed by atoms with van der Waals surface area (Å²) in [5.41, 5.74) is 0.471. The van der Waals surface area contributed by atoms with Crippen molar-refractivity contribution in [1.82, 2.24) is 4.31 Å². The van der Waals surface area contributed by atoms with E-state index in [4.69, 9.17) is 5.11 Å². The lowest BCUT2D eigenvalue weighted by atomic mass is 10.1. The average Bonchev–Trinajstić information content (AvgIpc) is 2.41. The van der Waals surface area contributed by atoms with E-state index in [9.17, 15) is 13.2 Å². The Bertz CT molecular complexity index is 655. The number of carboxylic acid groups (broad SMARTS) is 1. The largest absolute Gasteiger partial charge is 0.478 e. The Morgan fingerprint density at radius 1 is 1.48 bits per heavy atom. The first-order valence-electron chi connectivity index (χ1n) is 6.32. The van der Waals surface area contributed by atoms with Gasteiger partial charge in [0.25, 0.3) is 0 Å². The van der Waals surface area contributed by atoms with Crippen LogP contribution in [-0.4, -0.2) is 37.4 Å². The highest BCUT2D eigenvalue weighted by atomic mass is 79.9.